The second kappa shape index (κ2) is 4.23. The van der Waals surface area contributed by atoms with Crippen molar-refractivity contribution in [2.24, 2.45) is 5.92 Å². The lowest BCUT2D eigenvalue weighted by Crippen LogP contribution is -2.68. The number of hydrogen-bond acceptors (Lipinski definition) is 3. The fraction of sp³-hybridized carbons (Fsp3) is 0.846. The van der Waals surface area contributed by atoms with Gasteiger partial charge in [0.1, 0.15) is 5.54 Å². The highest BCUT2D eigenvalue weighted by atomic mass is 16.5. The average molecular weight is 252 g/mol. The van der Waals surface area contributed by atoms with Gasteiger partial charge in [-0.2, -0.15) is 0 Å². The van der Waals surface area contributed by atoms with Crippen molar-refractivity contribution in [3.63, 3.8) is 0 Å². The van der Waals surface area contributed by atoms with Gasteiger partial charge in [-0.3, -0.25) is 9.59 Å². The van der Waals surface area contributed by atoms with Crippen molar-refractivity contribution in [1.82, 2.24) is 10.2 Å². The predicted molar refractivity (Wildman–Crippen MR) is 64.8 cm³/mol. The minimum atomic E-state index is -0.659. The first-order chi connectivity index (χ1) is 8.61. The normalized spacial score (nSPS) is 34.6. The van der Waals surface area contributed by atoms with Crippen molar-refractivity contribution in [1.29, 1.82) is 0 Å². The third-order valence-electron chi connectivity index (χ3n) is 4.44. The van der Waals surface area contributed by atoms with Crippen molar-refractivity contribution in [3.8, 4) is 0 Å². The molecule has 1 N–H and O–H groups in total. The van der Waals surface area contributed by atoms with Gasteiger partial charge in [0, 0.05) is 19.3 Å². The van der Waals surface area contributed by atoms with E-state index in [1.165, 1.54) is 0 Å². The van der Waals surface area contributed by atoms with Gasteiger partial charge in [0.05, 0.1) is 6.54 Å². The van der Waals surface area contributed by atoms with Crippen molar-refractivity contribution in [3.05, 3.63) is 0 Å². The summed E-state index contributed by atoms with van der Waals surface area (Å²) in [5.74, 6) is 0.420. The molecule has 1 aliphatic carbocycles. The summed E-state index contributed by atoms with van der Waals surface area (Å²) >= 11 is 0. The number of hydrogen-bond donors (Lipinski definition) is 1. The summed E-state index contributed by atoms with van der Waals surface area (Å²) in [4.78, 5) is 26.3. The van der Waals surface area contributed by atoms with Gasteiger partial charge in [0.15, 0.2) is 0 Å². The summed E-state index contributed by atoms with van der Waals surface area (Å²) in [5, 5.41) is 2.91. The zero-order chi connectivity index (χ0) is 12.8. The Morgan fingerprint density at radius 2 is 1.89 bits per heavy atom. The molecule has 5 heteroatoms. The smallest absolute Gasteiger partial charge is 0.249 e. The maximum absolute atomic E-state index is 12.6. The molecule has 0 aromatic heterocycles. The summed E-state index contributed by atoms with van der Waals surface area (Å²) in [6.07, 6.45) is 3.79. The first kappa shape index (κ1) is 12.0. The molecule has 0 bridgehead atoms. The standard InChI is InChI=1S/C13H20N2O3/c1-13(9-2-3-9)12(17)15(8-11(16)14-13)10-4-6-18-7-5-10/h9-10H,2-8H2,1H3,(H,14,16). The lowest BCUT2D eigenvalue weighted by Gasteiger charge is -2.44. The molecule has 5 nitrogen and oxygen atoms in total. The second-order valence-electron chi connectivity index (χ2n) is 5.80. The second-order valence-corrected chi connectivity index (χ2v) is 5.80. The van der Waals surface area contributed by atoms with Gasteiger partial charge in [0.2, 0.25) is 11.8 Å². The minimum Gasteiger partial charge on any atom is -0.381 e. The maximum atomic E-state index is 12.6. The Bertz CT molecular complexity index is 374. The summed E-state index contributed by atoms with van der Waals surface area (Å²) in [6.45, 7) is 3.48. The Hall–Kier alpha value is -1.10. The van der Waals surface area contributed by atoms with E-state index in [1.54, 1.807) is 4.90 Å². The van der Waals surface area contributed by atoms with Crippen LogP contribution in [0.2, 0.25) is 0 Å². The molecule has 1 unspecified atom stereocenters. The van der Waals surface area contributed by atoms with Gasteiger partial charge in [0.25, 0.3) is 0 Å². The first-order valence-electron chi connectivity index (χ1n) is 6.81. The molecule has 2 heterocycles. The fourth-order valence-electron chi connectivity index (χ4n) is 3.14. The number of nitrogens with zero attached hydrogens (tertiary/aromatic N) is 1. The van der Waals surface area contributed by atoms with Gasteiger partial charge in [-0.05, 0) is 38.5 Å². The van der Waals surface area contributed by atoms with Crippen LogP contribution in [0, 0.1) is 5.92 Å². The van der Waals surface area contributed by atoms with Gasteiger partial charge in [-0.25, -0.2) is 0 Å². The molecular formula is C13H20N2O3. The highest BCUT2D eigenvalue weighted by Gasteiger charge is 2.53. The van der Waals surface area contributed by atoms with Crippen LogP contribution in [-0.2, 0) is 14.3 Å². The van der Waals surface area contributed by atoms with Crippen LogP contribution in [-0.4, -0.2) is 48.1 Å². The molecule has 0 radical (unpaired) electrons. The topological polar surface area (TPSA) is 58.6 Å². The molecule has 3 aliphatic rings. The number of ether oxygens (including phenoxy) is 1. The van der Waals surface area contributed by atoms with E-state index in [0.29, 0.717) is 19.1 Å². The fourth-order valence-corrected chi connectivity index (χ4v) is 3.14. The lowest BCUT2D eigenvalue weighted by molar-refractivity contribution is -0.154. The quantitative estimate of drug-likeness (QED) is 0.768. The molecular weight excluding hydrogens is 232 g/mol. The molecule has 0 aromatic carbocycles. The molecule has 2 aliphatic heterocycles. The van der Waals surface area contributed by atoms with Crippen LogP contribution in [0.4, 0.5) is 0 Å². The Morgan fingerprint density at radius 1 is 1.22 bits per heavy atom. The van der Waals surface area contributed by atoms with Crippen molar-refractivity contribution >= 4 is 11.8 Å². The van der Waals surface area contributed by atoms with E-state index >= 15 is 0 Å². The van der Waals surface area contributed by atoms with Crippen molar-refractivity contribution in [2.45, 2.75) is 44.2 Å². The monoisotopic (exact) mass is 252 g/mol. The number of rotatable bonds is 2. The van der Waals surface area contributed by atoms with E-state index in [-0.39, 0.29) is 24.4 Å². The van der Waals surface area contributed by atoms with E-state index in [1.807, 2.05) is 6.92 Å². The van der Waals surface area contributed by atoms with Crippen molar-refractivity contribution < 1.29 is 14.3 Å². The zero-order valence-electron chi connectivity index (χ0n) is 10.8. The average Bonchev–Trinajstić information content (AvgIpc) is 3.19. The molecule has 3 rings (SSSR count). The Kier molecular flexibility index (Phi) is 2.81. The molecule has 2 saturated heterocycles. The van der Waals surface area contributed by atoms with E-state index < -0.39 is 5.54 Å². The highest BCUT2D eigenvalue weighted by molar-refractivity contribution is 5.98. The van der Waals surface area contributed by atoms with E-state index in [4.69, 9.17) is 4.74 Å². The summed E-state index contributed by atoms with van der Waals surface area (Å²) < 4.78 is 5.33. The number of amides is 2. The first-order valence-corrected chi connectivity index (χ1v) is 6.81. The van der Waals surface area contributed by atoms with Crippen LogP contribution in [0.1, 0.15) is 32.6 Å². The number of piperazine rings is 1. The third-order valence-corrected chi connectivity index (χ3v) is 4.44. The minimum absolute atomic E-state index is 0.0181. The van der Waals surface area contributed by atoms with E-state index in [2.05, 4.69) is 5.32 Å². The number of nitrogens with one attached hydrogen (secondary N) is 1. The highest BCUT2D eigenvalue weighted by Crippen LogP contribution is 2.42. The van der Waals surface area contributed by atoms with Crippen LogP contribution in [0.5, 0.6) is 0 Å². The van der Waals surface area contributed by atoms with Crippen LogP contribution in [0.15, 0.2) is 0 Å². The molecule has 100 valence electrons. The molecule has 18 heavy (non-hydrogen) atoms. The van der Waals surface area contributed by atoms with Gasteiger partial charge >= 0.3 is 0 Å². The van der Waals surface area contributed by atoms with Crippen LogP contribution in [0.3, 0.4) is 0 Å². The van der Waals surface area contributed by atoms with Crippen molar-refractivity contribution in [2.75, 3.05) is 19.8 Å². The van der Waals surface area contributed by atoms with Crippen LogP contribution in [0.25, 0.3) is 0 Å². The number of carbonyl (C=O) groups is 2. The van der Waals surface area contributed by atoms with Gasteiger partial charge in [-0.1, -0.05) is 0 Å². The van der Waals surface area contributed by atoms with Crippen LogP contribution >= 0.6 is 0 Å². The zero-order valence-corrected chi connectivity index (χ0v) is 10.8. The molecule has 0 spiro atoms. The van der Waals surface area contributed by atoms with Gasteiger partial charge in [-0.15, -0.1) is 0 Å². The largest absolute Gasteiger partial charge is 0.381 e. The summed E-state index contributed by atoms with van der Waals surface area (Å²) in [6, 6.07) is 0.176. The summed E-state index contributed by atoms with van der Waals surface area (Å²) in [5.41, 5.74) is -0.659. The van der Waals surface area contributed by atoms with Gasteiger partial charge < -0.3 is 15.0 Å². The molecule has 1 saturated carbocycles. The number of carbonyl (C=O) groups excluding carboxylic acids is 2. The van der Waals surface area contributed by atoms with E-state index in [0.717, 1.165) is 25.7 Å². The predicted octanol–water partition coefficient (Wildman–Crippen LogP) is 0.292. The Balaban J connectivity index is 1.80. The molecule has 1 atom stereocenters. The van der Waals surface area contributed by atoms with E-state index in [9.17, 15) is 9.59 Å². The van der Waals surface area contributed by atoms with Crippen LogP contribution < -0.4 is 5.32 Å². The Morgan fingerprint density at radius 3 is 2.50 bits per heavy atom. The maximum Gasteiger partial charge on any atom is 0.249 e. The molecule has 2 amide bonds. The SMILES string of the molecule is CC1(C2CC2)NC(=O)CN(C2CCOCC2)C1=O. The third kappa shape index (κ3) is 1.90. The summed E-state index contributed by atoms with van der Waals surface area (Å²) in [7, 11) is 0. The Labute approximate surface area is 107 Å². The molecule has 3 fully saturated rings. The lowest BCUT2D eigenvalue weighted by atomic mass is 9.90. The molecule has 0 aromatic rings.